The van der Waals surface area contributed by atoms with Crippen LogP contribution in [0, 0.1) is 18.6 Å². The van der Waals surface area contributed by atoms with Crippen molar-refractivity contribution in [3.8, 4) is 0 Å². The molecule has 0 aliphatic carbocycles. The first kappa shape index (κ1) is 17.6. The SMILES string of the molecule is Cc1cc(C)c2cc(C(=O)Nc3nc(Cc4n[nH]c(=S)n4C)cs3)[nH]c2c1. The summed E-state index contributed by atoms with van der Waals surface area (Å²) in [6.07, 6.45) is 0.543. The van der Waals surface area contributed by atoms with Crippen LogP contribution in [-0.2, 0) is 13.5 Å². The standard InChI is InChI=1S/C18H18N6OS2/c1-9-4-10(2)12-7-14(20-13(12)5-9)16(25)21-17-19-11(8-27-17)6-15-22-23-18(26)24(15)3/h4-5,7-8,20H,6H2,1-3H3,(H,23,26)(H,19,21,25). The summed E-state index contributed by atoms with van der Waals surface area (Å²) in [5, 5.41) is 13.3. The number of aromatic amines is 2. The van der Waals surface area contributed by atoms with Gasteiger partial charge in [0.1, 0.15) is 11.5 Å². The van der Waals surface area contributed by atoms with E-state index in [1.54, 1.807) is 0 Å². The minimum absolute atomic E-state index is 0.206. The number of hydrogen-bond donors (Lipinski definition) is 3. The number of thiazole rings is 1. The maximum absolute atomic E-state index is 12.6. The van der Waals surface area contributed by atoms with Gasteiger partial charge in [0.25, 0.3) is 5.91 Å². The highest BCUT2D eigenvalue weighted by Gasteiger charge is 2.14. The number of aromatic nitrogens is 5. The minimum Gasteiger partial charge on any atom is -0.351 e. The molecule has 0 saturated carbocycles. The van der Waals surface area contributed by atoms with E-state index in [-0.39, 0.29) is 5.91 Å². The fraction of sp³-hybridized carbons (Fsp3) is 0.222. The quantitative estimate of drug-likeness (QED) is 0.455. The van der Waals surface area contributed by atoms with Crippen LogP contribution in [0.1, 0.15) is 33.1 Å². The zero-order valence-corrected chi connectivity index (χ0v) is 16.7. The van der Waals surface area contributed by atoms with E-state index in [0.29, 0.717) is 22.0 Å². The van der Waals surface area contributed by atoms with Gasteiger partial charge in [-0.3, -0.25) is 15.2 Å². The number of aryl methyl sites for hydroxylation is 2. The number of hydrogen-bond acceptors (Lipinski definition) is 5. The van der Waals surface area contributed by atoms with Gasteiger partial charge in [0.2, 0.25) is 0 Å². The molecular formula is C18H18N6OS2. The number of nitrogens with zero attached hydrogens (tertiary/aromatic N) is 3. The van der Waals surface area contributed by atoms with Gasteiger partial charge in [-0.1, -0.05) is 6.07 Å². The van der Waals surface area contributed by atoms with Crippen molar-refractivity contribution in [2.24, 2.45) is 7.05 Å². The number of rotatable bonds is 4. The Morgan fingerprint density at radius 1 is 1.33 bits per heavy atom. The van der Waals surface area contributed by atoms with Gasteiger partial charge in [-0.2, -0.15) is 5.10 Å². The number of carbonyl (C=O) groups is 1. The molecule has 0 saturated heterocycles. The first-order chi connectivity index (χ1) is 12.9. The van der Waals surface area contributed by atoms with Gasteiger partial charge in [0.15, 0.2) is 9.90 Å². The lowest BCUT2D eigenvalue weighted by Gasteiger charge is -1.99. The second kappa shape index (κ2) is 6.75. The second-order valence-corrected chi connectivity index (χ2v) is 7.75. The molecule has 1 amide bonds. The molecule has 0 fully saturated rings. The van der Waals surface area contributed by atoms with Gasteiger partial charge < -0.3 is 9.55 Å². The lowest BCUT2D eigenvalue weighted by atomic mass is 10.1. The monoisotopic (exact) mass is 398 g/mol. The molecule has 0 radical (unpaired) electrons. The van der Waals surface area contributed by atoms with Gasteiger partial charge in [-0.05, 0) is 49.3 Å². The summed E-state index contributed by atoms with van der Waals surface area (Å²) in [7, 11) is 1.86. The first-order valence-electron chi connectivity index (χ1n) is 8.36. The number of amides is 1. The summed E-state index contributed by atoms with van der Waals surface area (Å²) in [6, 6.07) is 6.02. The molecule has 138 valence electrons. The minimum atomic E-state index is -0.206. The molecule has 27 heavy (non-hydrogen) atoms. The summed E-state index contributed by atoms with van der Waals surface area (Å²) < 4.78 is 2.37. The van der Waals surface area contributed by atoms with E-state index >= 15 is 0 Å². The van der Waals surface area contributed by atoms with Crippen molar-refractivity contribution in [3.05, 3.63) is 56.7 Å². The van der Waals surface area contributed by atoms with Gasteiger partial charge >= 0.3 is 0 Å². The molecule has 1 aromatic carbocycles. The average molecular weight is 399 g/mol. The van der Waals surface area contributed by atoms with Crippen LogP contribution in [0.15, 0.2) is 23.6 Å². The Kier molecular flexibility index (Phi) is 4.40. The van der Waals surface area contributed by atoms with Crippen molar-refractivity contribution >= 4 is 45.5 Å². The van der Waals surface area contributed by atoms with E-state index < -0.39 is 0 Å². The molecule has 3 heterocycles. The van der Waals surface area contributed by atoms with Crippen LogP contribution in [0.3, 0.4) is 0 Å². The molecule has 0 atom stereocenters. The van der Waals surface area contributed by atoms with Crippen LogP contribution in [0.4, 0.5) is 5.13 Å². The molecule has 0 unspecified atom stereocenters. The molecule has 7 nitrogen and oxygen atoms in total. The van der Waals surface area contributed by atoms with Gasteiger partial charge in [0.05, 0.1) is 12.1 Å². The van der Waals surface area contributed by atoms with E-state index in [1.807, 2.05) is 43.0 Å². The molecule has 3 aromatic heterocycles. The Bertz CT molecular complexity index is 1210. The Balaban J connectivity index is 1.52. The smallest absolute Gasteiger partial charge is 0.273 e. The van der Waals surface area contributed by atoms with E-state index in [2.05, 4.69) is 31.5 Å². The van der Waals surface area contributed by atoms with Gasteiger partial charge in [-0.15, -0.1) is 11.3 Å². The van der Waals surface area contributed by atoms with Crippen LogP contribution in [0.5, 0.6) is 0 Å². The van der Waals surface area contributed by atoms with Crippen molar-refractivity contribution in [1.82, 2.24) is 24.7 Å². The Morgan fingerprint density at radius 3 is 2.89 bits per heavy atom. The van der Waals surface area contributed by atoms with Crippen molar-refractivity contribution < 1.29 is 4.79 Å². The first-order valence-corrected chi connectivity index (χ1v) is 9.65. The maximum atomic E-state index is 12.6. The van der Waals surface area contributed by atoms with Gasteiger partial charge in [0, 0.05) is 23.3 Å². The van der Waals surface area contributed by atoms with Crippen molar-refractivity contribution in [1.29, 1.82) is 0 Å². The third-order valence-electron chi connectivity index (χ3n) is 4.42. The molecular weight excluding hydrogens is 380 g/mol. The van der Waals surface area contributed by atoms with E-state index in [0.717, 1.165) is 33.5 Å². The van der Waals surface area contributed by atoms with E-state index in [1.165, 1.54) is 11.3 Å². The summed E-state index contributed by atoms with van der Waals surface area (Å²) in [6.45, 7) is 4.08. The number of carbonyl (C=O) groups excluding carboxylic acids is 1. The van der Waals surface area contributed by atoms with Crippen LogP contribution in [0.2, 0.25) is 0 Å². The summed E-state index contributed by atoms with van der Waals surface area (Å²) in [5.41, 5.74) is 4.61. The largest absolute Gasteiger partial charge is 0.351 e. The number of fused-ring (bicyclic) bond motifs is 1. The normalized spacial score (nSPS) is 11.2. The topological polar surface area (TPSA) is 91.4 Å². The molecule has 3 N–H and O–H groups in total. The predicted molar refractivity (Wildman–Crippen MR) is 109 cm³/mol. The molecule has 4 aromatic rings. The number of anilines is 1. The molecule has 0 spiro atoms. The zero-order valence-electron chi connectivity index (χ0n) is 15.1. The fourth-order valence-corrected chi connectivity index (χ4v) is 3.89. The van der Waals surface area contributed by atoms with Crippen molar-refractivity contribution in [2.45, 2.75) is 20.3 Å². The zero-order chi connectivity index (χ0) is 19.1. The highest BCUT2D eigenvalue weighted by atomic mass is 32.1. The number of nitrogens with one attached hydrogen (secondary N) is 3. The summed E-state index contributed by atoms with van der Waals surface area (Å²) in [4.78, 5) is 20.3. The van der Waals surface area contributed by atoms with Crippen LogP contribution in [0.25, 0.3) is 10.9 Å². The van der Waals surface area contributed by atoms with Crippen molar-refractivity contribution in [3.63, 3.8) is 0 Å². The predicted octanol–water partition coefficient (Wildman–Crippen LogP) is 3.88. The Hall–Kier alpha value is -2.78. The third-order valence-corrected chi connectivity index (χ3v) is 5.59. The average Bonchev–Trinajstić information content (AvgIpc) is 3.31. The van der Waals surface area contributed by atoms with E-state index in [9.17, 15) is 4.79 Å². The Labute approximate surface area is 164 Å². The highest BCUT2D eigenvalue weighted by molar-refractivity contribution is 7.71. The molecule has 0 bridgehead atoms. The van der Waals surface area contributed by atoms with Crippen LogP contribution in [-0.4, -0.2) is 30.6 Å². The molecule has 9 heteroatoms. The number of benzene rings is 1. The lowest BCUT2D eigenvalue weighted by Crippen LogP contribution is -2.12. The molecule has 0 aliphatic heterocycles. The summed E-state index contributed by atoms with van der Waals surface area (Å²) in [5.74, 6) is 0.590. The Morgan fingerprint density at radius 2 is 2.15 bits per heavy atom. The van der Waals surface area contributed by atoms with Crippen LogP contribution >= 0.6 is 23.6 Å². The maximum Gasteiger partial charge on any atom is 0.273 e. The number of H-pyrrole nitrogens is 2. The fourth-order valence-electron chi connectivity index (χ4n) is 3.03. The van der Waals surface area contributed by atoms with Crippen LogP contribution < -0.4 is 5.32 Å². The van der Waals surface area contributed by atoms with E-state index in [4.69, 9.17) is 12.2 Å². The summed E-state index contributed by atoms with van der Waals surface area (Å²) >= 11 is 6.50. The second-order valence-electron chi connectivity index (χ2n) is 6.50. The van der Waals surface area contributed by atoms with Gasteiger partial charge in [-0.25, -0.2) is 4.98 Å². The highest BCUT2D eigenvalue weighted by Crippen LogP contribution is 2.23. The third kappa shape index (κ3) is 3.43. The molecule has 0 aliphatic rings. The lowest BCUT2D eigenvalue weighted by molar-refractivity contribution is 0.102. The van der Waals surface area contributed by atoms with Crippen molar-refractivity contribution in [2.75, 3.05) is 5.32 Å². The molecule has 4 rings (SSSR count).